The Labute approximate surface area is 147 Å². The molecule has 2 N–H and O–H groups in total. The number of benzene rings is 1. The Kier molecular flexibility index (Phi) is 5.88. The van der Waals surface area contributed by atoms with Crippen LogP contribution in [0.1, 0.15) is 31.4 Å². The van der Waals surface area contributed by atoms with E-state index >= 15 is 0 Å². The Bertz CT molecular complexity index is 599. The maximum Gasteiger partial charge on any atom is 0.321 e. The Morgan fingerprint density at radius 3 is 2.88 bits per heavy atom. The molecule has 2 saturated heterocycles. The molecule has 1 aromatic rings. The highest BCUT2D eigenvalue weighted by molar-refractivity contribution is 5.94. The van der Waals surface area contributed by atoms with E-state index in [1.54, 1.807) is 4.90 Å². The summed E-state index contributed by atoms with van der Waals surface area (Å²) >= 11 is 0. The van der Waals surface area contributed by atoms with Gasteiger partial charge in [-0.2, -0.15) is 0 Å². The van der Waals surface area contributed by atoms with E-state index < -0.39 is 0 Å². The second-order valence-corrected chi connectivity index (χ2v) is 6.41. The first-order chi connectivity index (χ1) is 12.1. The molecule has 3 rings (SSSR count). The molecule has 136 valence electrons. The first-order valence-corrected chi connectivity index (χ1v) is 8.77. The molecule has 2 fully saturated rings. The Hall–Kier alpha value is -2.12. The van der Waals surface area contributed by atoms with Crippen LogP contribution in [0.4, 0.5) is 10.5 Å². The standard InChI is InChI=1S/C18H25N3O4/c1-13(20-17(22)12-24-11-16-3-2-10-25-16)14-4-6-15(7-5-14)21-9-8-19-18(21)23/h4-7,13,16H,2-3,8-12H2,1H3,(H,19,23)(H,20,22). The van der Waals surface area contributed by atoms with Crippen molar-refractivity contribution in [3.8, 4) is 0 Å². The summed E-state index contributed by atoms with van der Waals surface area (Å²) in [5.74, 6) is -0.145. The molecular formula is C18H25N3O4. The third-order valence-corrected chi connectivity index (χ3v) is 4.50. The normalized spacial score (nSPS) is 21.2. The van der Waals surface area contributed by atoms with Crippen LogP contribution in [0.25, 0.3) is 0 Å². The minimum Gasteiger partial charge on any atom is -0.376 e. The first-order valence-electron chi connectivity index (χ1n) is 8.77. The van der Waals surface area contributed by atoms with Crippen LogP contribution in [0.5, 0.6) is 0 Å². The summed E-state index contributed by atoms with van der Waals surface area (Å²) in [6.45, 7) is 4.55. The van der Waals surface area contributed by atoms with Crippen LogP contribution >= 0.6 is 0 Å². The highest BCUT2D eigenvalue weighted by atomic mass is 16.5. The number of urea groups is 1. The lowest BCUT2D eigenvalue weighted by molar-refractivity contribution is -0.127. The molecule has 0 spiro atoms. The Balaban J connectivity index is 1.44. The summed E-state index contributed by atoms with van der Waals surface area (Å²) in [5, 5.41) is 5.70. The van der Waals surface area contributed by atoms with Crippen molar-refractivity contribution in [3.05, 3.63) is 29.8 Å². The van der Waals surface area contributed by atoms with Gasteiger partial charge in [-0.3, -0.25) is 9.69 Å². The molecule has 2 atom stereocenters. The number of carbonyl (C=O) groups is 2. The number of amides is 3. The van der Waals surface area contributed by atoms with Gasteiger partial charge in [0.2, 0.25) is 5.91 Å². The van der Waals surface area contributed by atoms with E-state index in [1.165, 1.54) is 0 Å². The van der Waals surface area contributed by atoms with E-state index in [1.807, 2.05) is 31.2 Å². The topological polar surface area (TPSA) is 79.9 Å². The van der Waals surface area contributed by atoms with Gasteiger partial charge in [-0.1, -0.05) is 12.1 Å². The molecule has 2 aliphatic heterocycles. The van der Waals surface area contributed by atoms with Crippen molar-refractivity contribution >= 4 is 17.6 Å². The number of carbonyl (C=O) groups excluding carboxylic acids is 2. The number of hydrogen-bond donors (Lipinski definition) is 2. The summed E-state index contributed by atoms with van der Waals surface area (Å²) in [6, 6.07) is 7.46. The van der Waals surface area contributed by atoms with Gasteiger partial charge in [0, 0.05) is 25.4 Å². The zero-order chi connectivity index (χ0) is 17.6. The van der Waals surface area contributed by atoms with Crippen molar-refractivity contribution in [2.45, 2.75) is 31.9 Å². The number of rotatable bonds is 7. The van der Waals surface area contributed by atoms with Gasteiger partial charge in [0.1, 0.15) is 6.61 Å². The number of hydrogen-bond acceptors (Lipinski definition) is 4. The lowest BCUT2D eigenvalue weighted by Gasteiger charge is -2.18. The zero-order valence-electron chi connectivity index (χ0n) is 14.5. The van der Waals surface area contributed by atoms with E-state index in [2.05, 4.69) is 10.6 Å². The number of nitrogens with zero attached hydrogens (tertiary/aromatic N) is 1. The third kappa shape index (κ3) is 4.70. The largest absolute Gasteiger partial charge is 0.376 e. The van der Waals surface area contributed by atoms with Crippen LogP contribution in [-0.4, -0.2) is 51.0 Å². The molecule has 0 aromatic heterocycles. The number of nitrogens with one attached hydrogen (secondary N) is 2. The van der Waals surface area contributed by atoms with Gasteiger partial charge in [0.05, 0.1) is 18.8 Å². The van der Waals surface area contributed by atoms with Gasteiger partial charge in [-0.15, -0.1) is 0 Å². The van der Waals surface area contributed by atoms with Crippen LogP contribution in [0.15, 0.2) is 24.3 Å². The molecule has 0 bridgehead atoms. The molecule has 0 aliphatic carbocycles. The molecule has 25 heavy (non-hydrogen) atoms. The van der Waals surface area contributed by atoms with Crippen molar-refractivity contribution in [2.24, 2.45) is 0 Å². The molecule has 0 radical (unpaired) electrons. The molecule has 2 aliphatic rings. The van der Waals surface area contributed by atoms with Crippen molar-refractivity contribution in [2.75, 3.05) is 37.8 Å². The molecule has 2 unspecified atom stereocenters. The van der Waals surface area contributed by atoms with Crippen molar-refractivity contribution in [1.29, 1.82) is 0 Å². The number of ether oxygens (including phenoxy) is 2. The summed E-state index contributed by atoms with van der Waals surface area (Å²) in [4.78, 5) is 25.4. The Morgan fingerprint density at radius 1 is 1.44 bits per heavy atom. The van der Waals surface area contributed by atoms with Crippen LogP contribution in [0.3, 0.4) is 0 Å². The monoisotopic (exact) mass is 347 g/mol. The van der Waals surface area contributed by atoms with Crippen molar-refractivity contribution in [3.63, 3.8) is 0 Å². The lowest BCUT2D eigenvalue weighted by atomic mass is 10.1. The van der Waals surface area contributed by atoms with Crippen molar-refractivity contribution < 1.29 is 19.1 Å². The van der Waals surface area contributed by atoms with E-state index in [0.717, 1.165) is 30.7 Å². The minimum atomic E-state index is -0.145. The molecule has 1 aromatic carbocycles. The number of anilines is 1. The second kappa shape index (κ2) is 8.31. The molecule has 3 amide bonds. The van der Waals surface area contributed by atoms with Crippen LogP contribution in [0, 0.1) is 0 Å². The predicted molar refractivity (Wildman–Crippen MR) is 93.5 cm³/mol. The predicted octanol–water partition coefficient (Wildman–Crippen LogP) is 1.59. The van der Waals surface area contributed by atoms with Crippen LogP contribution in [-0.2, 0) is 14.3 Å². The zero-order valence-corrected chi connectivity index (χ0v) is 14.5. The molecule has 7 heteroatoms. The molecule has 7 nitrogen and oxygen atoms in total. The smallest absolute Gasteiger partial charge is 0.321 e. The maximum atomic E-state index is 12.0. The summed E-state index contributed by atoms with van der Waals surface area (Å²) in [6.07, 6.45) is 2.19. The van der Waals surface area contributed by atoms with Crippen LogP contribution < -0.4 is 15.5 Å². The fourth-order valence-corrected chi connectivity index (χ4v) is 3.09. The quantitative estimate of drug-likeness (QED) is 0.785. The van der Waals surface area contributed by atoms with Gasteiger partial charge in [-0.05, 0) is 37.5 Å². The summed E-state index contributed by atoms with van der Waals surface area (Å²) in [7, 11) is 0. The van der Waals surface area contributed by atoms with Gasteiger partial charge >= 0.3 is 6.03 Å². The first kappa shape index (κ1) is 17.7. The molecule has 2 heterocycles. The van der Waals surface area contributed by atoms with Crippen molar-refractivity contribution in [1.82, 2.24) is 10.6 Å². The molecular weight excluding hydrogens is 322 g/mol. The van der Waals surface area contributed by atoms with Gasteiger partial charge in [-0.25, -0.2) is 4.79 Å². The Morgan fingerprint density at radius 2 is 2.24 bits per heavy atom. The van der Waals surface area contributed by atoms with E-state index in [4.69, 9.17) is 9.47 Å². The van der Waals surface area contributed by atoms with E-state index in [0.29, 0.717) is 19.7 Å². The average Bonchev–Trinajstić information content (AvgIpc) is 3.26. The van der Waals surface area contributed by atoms with Crippen LogP contribution in [0.2, 0.25) is 0 Å². The SMILES string of the molecule is CC(NC(=O)COCC1CCCO1)c1ccc(N2CCNC2=O)cc1. The van der Waals surface area contributed by atoms with E-state index in [9.17, 15) is 9.59 Å². The summed E-state index contributed by atoms with van der Waals surface area (Å²) < 4.78 is 10.9. The van der Waals surface area contributed by atoms with Gasteiger partial charge < -0.3 is 20.1 Å². The van der Waals surface area contributed by atoms with Gasteiger partial charge in [0.15, 0.2) is 0 Å². The second-order valence-electron chi connectivity index (χ2n) is 6.41. The average molecular weight is 347 g/mol. The lowest BCUT2D eigenvalue weighted by Crippen LogP contribution is -2.31. The summed E-state index contributed by atoms with van der Waals surface area (Å²) in [5.41, 5.74) is 1.84. The van der Waals surface area contributed by atoms with Gasteiger partial charge in [0.25, 0.3) is 0 Å². The van der Waals surface area contributed by atoms with E-state index in [-0.39, 0.29) is 30.7 Å². The molecule has 0 saturated carbocycles. The third-order valence-electron chi connectivity index (χ3n) is 4.50. The fraction of sp³-hybridized carbons (Fsp3) is 0.556. The maximum absolute atomic E-state index is 12.0. The highest BCUT2D eigenvalue weighted by Gasteiger charge is 2.21. The fourth-order valence-electron chi connectivity index (χ4n) is 3.09. The highest BCUT2D eigenvalue weighted by Crippen LogP contribution is 2.20. The minimum absolute atomic E-state index is 0.0379.